The number of aromatic amines is 1. The van der Waals surface area contributed by atoms with E-state index < -0.39 is 0 Å². The minimum Gasteiger partial charge on any atom is -0.467 e. The Bertz CT molecular complexity index is 1000. The molecule has 0 aliphatic carbocycles. The number of benzene rings is 1. The molecule has 0 fully saturated rings. The summed E-state index contributed by atoms with van der Waals surface area (Å²) in [4.78, 5) is 20.1. The van der Waals surface area contributed by atoms with E-state index >= 15 is 0 Å². The fourth-order valence-corrected chi connectivity index (χ4v) is 2.67. The van der Waals surface area contributed by atoms with Crippen molar-refractivity contribution in [2.24, 2.45) is 0 Å². The first-order chi connectivity index (χ1) is 11.2. The van der Waals surface area contributed by atoms with E-state index in [0.29, 0.717) is 18.0 Å². The maximum Gasteiger partial charge on any atom is 0.270 e. The summed E-state index contributed by atoms with van der Waals surface area (Å²) in [5, 5.41) is 4.84. The molecule has 0 atom stereocenters. The lowest BCUT2D eigenvalue weighted by atomic mass is 10.1. The standard InChI is InChI=1S/C18H15N3O2/c1-11-4-5-12-6-7-13-9-15(21-17(13)16(12)20-11)18(22)19-10-14-3-2-8-23-14/h2-9,20H,10H2,1H3,(H,19,22). The Balaban J connectivity index is 1.69. The van der Waals surface area contributed by atoms with Crippen molar-refractivity contribution in [3.8, 4) is 0 Å². The molecule has 5 nitrogen and oxygen atoms in total. The highest BCUT2D eigenvalue weighted by Gasteiger charge is 2.13. The molecule has 5 heteroatoms. The average Bonchev–Trinajstić information content (AvgIpc) is 3.21. The fraction of sp³-hybridized carbons (Fsp3) is 0.111. The third-order valence-corrected chi connectivity index (χ3v) is 3.84. The molecule has 0 saturated heterocycles. The predicted octanol–water partition coefficient (Wildman–Crippen LogP) is 3.55. The Morgan fingerprint density at radius 2 is 2.04 bits per heavy atom. The SMILES string of the molecule is Cc1ccc2ccc3cc(C(=O)NCc4ccco4)nc3c2[nH]1. The van der Waals surface area contributed by atoms with E-state index in [1.165, 1.54) is 0 Å². The Hall–Kier alpha value is -3.08. The lowest BCUT2D eigenvalue weighted by Gasteiger charge is -2.01. The molecule has 1 amide bonds. The smallest absolute Gasteiger partial charge is 0.270 e. The minimum absolute atomic E-state index is 0.210. The molecule has 23 heavy (non-hydrogen) atoms. The van der Waals surface area contributed by atoms with Crippen LogP contribution in [-0.4, -0.2) is 15.9 Å². The molecular weight excluding hydrogens is 290 g/mol. The Labute approximate surface area is 132 Å². The van der Waals surface area contributed by atoms with Crippen LogP contribution in [0.15, 0.2) is 53.1 Å². The number of carbonyl (C=O) groups excluding carboxylic acids is 1. The molecule has 3 heterocycles. The summed E-state index contributed by atoms with van der Waals surface area (Å²) in [6.45, 7) is 2.35. The number of furan rings is 1. The van der Waals surface area contributed by atoms with Crippen molar-refractivity contribution in [3.63, 3.8) is 0 Å². The van der Waals surface area contributed by atoms with Crippen LogP contribution in [0.4, 0.5) is 0 Å². The monoisotopic (exact) mass is 305 g/mol. The van der Waals surface area contributed by atoms with Crippen LogP contribution in [0.2, 0.25) is 0 Å². The summed E-state index contributed by atoms with van der Waals surface area (Å²) in [5.41, 5.74) is 3.23. The van der Waals surface area contributed by atoms with Crippen LogP contribution in [0.25, 0.3) is 21.8 Å². The maximum atomic E-state index is 12.3. The molecule has 3 aromatic heterocycles. The number of fused-ring (bicyclic) bond motifs is 3. The first kappa shape index (κ1) is 13.6. The van der Waals surface area contributed by atoms with Gasteiger partial charge in [0.05, 0.1) is 23.8 Å². The van der Waals surface area contributed by atoms with E-state index in [0.717, 1.165) is 27.5 Å². The number of aryl methyl sites for hydroxylation is 1. The Morgan fingerprint density at radius 3 is 2.87 bits per heavy atom. The van der Waals surface area contributed by atoms with Gasteiger partial charge in [0.25, 0.3) is 5.91 Å². The number of nitrogens with zero attached hydrogens (tertiary/aromatic N) is 1. The Kier molecular flexibility index (Phi) is 3.12. The van der Waals surface area contributed by atoms with E-state index in [9.17, 15) is 4.79 Å². The number of hydrogen-bond donors (Lipinski definition) is 2. The number of nitrogens with one attached hydrogen (secondary N) is 2. The van der Waals surface area contributed by atoms with Crippen molar-refractivity contribution < 1.29 is 9.21 Å². The molecule has 114 valence electrons. The first-order valence-electron chi connectivity index (χ1n) is 7.40. The molecule has 0 saturated carbocycles. The number of amides is 1. The van der Waals surface area contributed by atoms with E-state index in [-0.39, 0.29) is 5.91 Å². The third kappa shape index (κ3) is 2.46. The highest BCUT2D eigenvalue weighted by atomic mass is 16.3. The van der Waals surface area contributed by atoms with Gasteiger partial charge in [-0.05, 0) is 31.2 Å². The van der Waals surface area contributed by atoms with Crippen molar-refractivity contribution in [2.75, 3.05) is 0 Å². The molecule has 0 aliphatic heterocycles. The number of pyridine rings is 1. The van der Waals surface area contributed by atoms with Crippen LogP contribution in [-0.2, 0) is 6.54 Å². The van der Waals surface area contributed by atoms with Gasteiger partial charge >= 0.3 is 0 Å². The van der Waals surface area contributed by atoms with Crippen molar-refractivity contribution >= 4 is 27.7 Å². The van der Waals surface area contributed by atoms with Gasteiger partial charge in [-0.1, -0.05) is 18.2 Å². The molecule has 0 spiro atoms. The Morgan fingerprint density at radius 1 is 1.22 bits per heavy atom. The van der Waals surface area contributed by atoms with Gasteiger partial charge in [-0.2, -0.15) is 0 Å². The molecule has 0 radical (unpaired) electrons. The second-order valence-electron chi connectivity index (χ2n) is 5.51. The van der Waals surface area contributed by atoms with Crippen LogP contribution in [0.5, 0.6) is 0 Å². The second kappa shape index (κ2) is 5.28. The van der Waals surface area contributed by atoms with Crippen LogP contribution >= 0.6 is 0 Å². The van der Waals surface area contributed by atoms with Crippen LogP contribution < -0.4 is 5.32 Å². The van der Waals surface area contributed by atoms with Crippen LogP contribution in [0.3, 0.4) is 0 Å². The van der Waals surface area contributed by atoms with Crippen molar-refractivity contribution in [1.82, 2.24) is 15.3 Å². The summed E-state index contributed by atoms with van der Waals surface area (Å²) in [6, 6.07) is 13.5. The van der Waals surface area contributed by atoms with Gasteiger partial charge in [0.1, 0.15) is 11.5 Å². The molecule has 2 N–H and O–H groups in total. The zero-order valence-corrected chi connectivity index (χ0v) is 12.6. The number of aromatic nitrogens is 2. The quantitative estimate of drug-likeness (QED) is 0.608. The van der Waals surface area contributed by atoms with E-state index in [4.69, 9.17) is 4.42 Å². The maximum absolute atomic E-state index is 12.3. The lowest BCUT2D eigenvalue weighted by Crippen LogP contribution is -2.22. The summed E-state index contributed by atoms with van der Waals surface area (Å²) in [7, 11) is 0. The second-order valence-corrected chi connectivity index (χ2v) is 5.51. The molecule has 0 aliphatic rings. The molecule has 0 unspecified atom stereocenters. The molecule has 4 aromatic rings. The van der Waals surface area contributed by atoms with Gasteiger partial charge in [-0.15, -0.1) is 0 Å². The van der Waals surface area contributed by atoms with Crippen LogP contribution in [0, 0.1) is 6.92 Å². The summed E-state index contributed by atoms with van der Waals surface area (Å²) in [5.74, 6) is 0.502. The van der Waals surface area contributed by atoms with E-state index in [2.05, 4.69) is 15.3 Å². The van der Waals surface area contributed by atoms with Crippen molar-refractivity contribution in [1.29, 1.82) is 0 Å². The number of hydrogen-bond acceptors (Lipinski definition) is 3. The number of carbonyl (C=O) groups is 1. The summed E-state index contributed by atoms with van der Waals surface area (Å²) < 4.78 is 5.21. The van der Waals surface area contributed by atoms with Gasteiger partial charge in [0, 0.05) is 16.5 Å². The van der Waals surface area contributed by atoms with E-state index in [1.807, 2.05) is 43.3 Å². The topological polar surface area (TPSA) is 70.9 Å². The van der Waals surface area contributed by atoms with Gasteiger partial charge in [0.15, 0.2) is 0 Å². The molecular formula is C18H15N3O2. The van der Waals surface area contributed by atoms with Crippen LogP contribution in [0.1, 0.15) is 21.9 Å². The highest BCUT2D eigenvalue weighted by molar-refractivity contribution is 6.07. The molecule has 0 bridgehead atoms. The van der Waals surface area contributed by atoms with Crippen molar-refractivity contribution in [3.05, 3.63) is 65.9 Å². The molecule has 4 rings (SSSR count). The highest BCUT2D eigenvalue weighted by Crippen LogP contribution is 2.24. The van der Waals surface area contributed by atoms with Gasteiger partial charge in [-0.25, -0.2) is 4.98 Å². The van der Waals surface area contributed by atoms with Crippen molar-refractivity contribution in [2.45, 2.75) is 13.5 Å². The predicted molar refractivity (Wildman–Crippen MR) is 88.2 cm³/mol. The average molecular weight is 305 g/mol. The zero-order chi connectivity index (χ0) is 15.8. The van der Waals surface area contributed by atoms with E-state index in [1.54, 1.807) is 12.3 Å². The normalized spacial score (nSPS) is 11.2. The summed E-state index contributed by atoms with van der Waals surface area (Å²) >= 11 is 0. The van der Waals surface area contributed by atoms with Gasteiger partial charge in [-0.3, -0.25) is 4.79 Å². The lowest BCUT2D eigenvalue weighted by molar-refractivity contribution is 0.0944. The third-order valence-electron chi connectivity index (χ3n) is 3.84. The van der Waals surface area contributed by atoms with Gasteiger partial charge < -0.3 is 14.7 Å². The first-order valence-corrected chi connectivity index (χ1v) is 7.40. The molecule has 1 aromatic carbocycles. The number of rotatable bonds is 3. The zero-order valence-electron chi connectivity index (χ0n) is 12.6. The minimum atomic E-state index is -0.210. The largest absolute Gasteiger partial charge is 0.467 e. The summed E-state index contributed by atoms with van der Waals surface area (Å²) in [6.07, 6.45) is 1.58. The van der Waals surface area contributed by atoms with Gasteiger partial charge in [0.2, 0.25) is 0 Å². The number of H-pyrrole nitrogens is 1. The fourth-order valence-electron chi connectivity index (χ4n) is 2.67.